The summed E-state index contributed by atoms with van der Waals surface area (Å²) in [5, 5.41) is 9.41. The van der Waals surface area contributed by atoms with E-state index in [1.165, 1.54) is 11.6 Å². The molecule has 0 amide bonds. The number of carboxylic acid groups (broad SMARTS) is 1. The van der Waals surface area contributed by atoms with Crippen LogP contribution in [0.15, 0.2) is 35.9 Å². The van der Waals surface area contributed by atoms with Crippen molar-refractivity contribution in [2.75, 3.05) is 0 Å². The molecule has 0 spiro atoms. The summed E-state index contributed by atoms with van der Waals surface area (Å²) in [7, 11) is 0. The first-order valence-corrected chi connectivity index (χ1v) is 5.71. The lowest BCUT2D eigenvalue weighted by atomic mass is 9.97. The zero-order valence-corrected chi connectivity index (χ0v) is 9.57. The van der Waals surface area contributed by atoms with Crippen molar-refractivity contribution in [3.05, 3.63) is 46.5 Å². The number of aliphatic carboxylic acids is 1. The number of carboxylic acids is 1. The van der Waals surface area contributed by atoms with E-state index in [1.54, 1.807) is 0 Å². The SMILES string of the molecule is O=C(O)/C=C1\CCC(c2ccc(Cl)cc2)C1. The topological polar surface area (TPSA) is 37.3 Å². The second kappa shape index (κ2) is 4.71. The van der Waals surface area contributed by atoms with Crippen molar-refractivity contribution in [1.29, 1.82) is 0 Å². The van der Waals surface area contributed by atoms with E-state index >= 15 is 0 Å². The van der Waals surface area contributed by atoms with Gasteiger partial charge in [-0.1, -0.05) is 29.3 Å². The summed E-state index contributed by atoms with van der Waals surface area (Å²) < 4.78 is 0. The molecule has 1 N–H and O–H groups in total. The van der Waals surface area contributed by atoms with Gasteiger partial charge in [0.2, 0.25) is 0 Å². The summed E-state index contributed by atoms with van der Waals surface area (Å²) in [6, 6.07) is 7.82. The molecule has 1 aromatic rings. The molecule has 0 radical (unpaired) electrons. The minimum absolute atomic E-state index is 0.447. The van der Waals surface area contributed by atoms with Gasteiger partial charge in [-0.25, -0.2) is 4.79 Å². The fourth-order valence-corrected chi connectivity index (χ4v) is 2.33. The van der Waals surface area contributed by atoms with E-state index in [0.717, 1.165) is 29.9 Å². The standard InChI is InChI=1S/C13H13ClO2/c14-12-5-3-10(4-6-12)11-2-1-9(7-11)8-13(15)16/h3-6,8,11H,1-2,7H2,(H,15,16)/b9-8+. The first-order chi connectivity index (χ1) is 7.65. The number of hydrogen-bond acceptors (Lipinski definition) is 1. The Balaban J connectivity index is 2.09. The average molecular weight is 237 g/mol. The first kappa shape index (κ1) is 11.2. The summed E-state index contributed by atoms with van der Waals surface area (Å²) in [6.07, 6.45) is 4.12. The van der Waals surface area contributed by atoms with E-state index in [9.17, 15) is 4.79 Å². The molecule has 1 unspecified atom stereocenters. The van der Waals surface area contributed by atoms with E-state index in [1.807, 2.05) is 24.3 Å². The van der Waals surface area contributed by atoms with Crippen molar-refractivity contribution in [3.8, 4) is 0 Å². The Morgan fingerprint density at radius 2 is 2.06 bits per heavy atom. The second-order valence-electron chi connectivity index (χ2n) is 4.13. The zero-order valence-electron chi connectivity index (χ0n) is 8.82. The van der Waals surface area contributed by atoms with Gasteiger partial charge in [-0.3, -0.25) is 0 Å². The van der Waals surface area contributed by atoms with Gasteiger partial charge in [0.05, 0.1) is 0 Å². The summed E-state index contributed by atoms with van der Waals surface area (Å²) in [4.78, 5) is 10.5. The van der Waals surface area contributed by atoms with Gasteiger partial charge in [0.1, 0.15) is 0 Å². The van der Waals surface area contributed by atoms with E-state index in [2.05, 4.69) is 0 Å². The molecule has 1 aliphatic carbocycles. The van der Waals surface area contributed by atoms with Crippen LogP contribution in [0.2, 0.25) is 5.02 Å². The van der Waals surface area contributed by atoms with Crippen molar-refractivity contribution in [1.82, 2.24) is 0 Å². The number of hydrogen-bond donors (Lipinski definition) is 1. The highest BCUT2D eigenvalue weighted by atomic mass is 35.5. The van der Waals surface area contributed by atoms with Crippen molar-refractivity contribution >= 4 is 17.6 Å². The molecule has 1 atom stereocenters. The Morgan fingerprint density at radius 1 is 1.38 bits per heavy atom. The molecule has 3 heteroatoms. The molecular weight excluding hydrogens is 224 g/mol. The van der Waals surface area contributed by atoms with Gasteiger partial charge in [0.15, 0.2) is 0 Å². The normalized spacial score (nSPS) is 22.6. The van der Waals surface area contributed by atoms with Gasteiger partial charge in [-0.2, -0.15) is 0 Å². The van der Waals surface area contributed by atoms with E-state index < -0.39 is 5.97 Å². The van der Waals surface area contributed by atoms with Crippen LogP contribution in [0.25, 0.3) is 0 Å². The number of allylic oxidation sites excluding steroid dienone is 1. The van der Waals surface area contributed by atoms with Gasteiger partial charge in [0.25, 0.3) is 0 Å². The third kappa shape index (κ3) is 2.64. The monoisotopic (exact) mass is 236 g/mol. The summed E-state index contributed by atoms with van der Waals surface area (Å²) in [6.45, 7) is 0. The fourth-order valence-electron chi connectivity index (χ4n) is 2.21. The summed E-state index contributed by atoms with van der Waals surface area (Å²) in [5.41, 5.74) is 2.28. The van der Waals surface area contributed by atoms with E-state index in [4.69, 9.17) is 16.7 Å². The third-order valence-corrected chi connectivity index (χ3v) is 3.24. The molecule has 0 aliphatic heterocycles. The molecule has 0 saturated heterocycles. The average Bonchev–Trinajstić information content (AvgIpc) is 2.66. The molecule has 2 nitrogen and oxygen atoms in total. The van der Waals surface area contributed by atoms with Gasteiger partial charge >= 0.3 is 5.97 Å². The van der Waals surface area contributed by atoms with E-state index in [-0.39, 0.29) is 0 Å². The minimum atomic E-state index is -0.841. The van der Waals surface area contributed by atoms with Crippen molar-refractivity contribution in [2.45, 2.75) is 25.2 Å². The molecule has 84 valence electrons. The predicted molar refractivity (Wildman–Crippen MR) is 63.8 cm³/mol. The number of rotatable bonds is 2. The molecular formula is C13H13ClO2. The second-order valence-corrected chi connectivity index (χ2v) is 4.57. The van der Waals surface area contributed by atoms with Crippen LogP contribution >= 0.6 is 11.6 Å². The minimum Gasteiger partial charge on any atom is -0.478 e. The molecule has 1 aliphatic rings. The van der Waals surface area contributed by atoms with Crippen LogP contribution in [-0.4, -0.2) is 11.1 Å². The van der Waals surface area contributed by atoms with Crippen LogP contribution in [0.5, 0.6) is 0 Å². The van der Waals surface area contributed by atoms with Gasteiger partial charge < -0.3 is 5.11 Å². The first-order valence-electron chi connectivity index (χ1n) is 5.33. The van der Waals surface area contributed by atoms with Crippen LogP contribution in [-0.2, 0) is 4.79 Å². The summed E-state index contributed by atoms with van der Waals surface area (Å²) >= 11 is 5.83. The maximum Gasteiger partial charge on any atom is 0.328 e. The van der Waals surface area contributed by atoms with Crippen LogP contribution in [0, 0.1) is 0 Å². The maximum atomic E-state index is 10.5. The molecule has 2 rings (SSSR count). The lowest BCUT2D eigenvalue weighted by Gasteiger charge is -2.08. The predicted octanol–water partition coefficient (Wildman–Crippen LogP) is 3.62. The highest BCUT2D eigenvalue weighted by Gasteiger charge is 2.21. The molecule has 0 aromatic heterocycles. The Labute approximate surface area is 99.5 Å². The largest absolute Gasteiger partial charge is 0.478 e. The molecule has 0 heterocycles. The molecule has 1 aromatic carbocycles. The van der Waals surface area contributed by atoms with Gasteiger partial charge in [0, 0.05) is 11.1 Å². The van der Waals surface area contributed by atoms with Crippen LogP contribution in [0.4, 0.5) is 0 Å². The van der Waals surface area contributed by atoms with Crippen LogP contribution in [0.1, 0.15) is 30.7 Å². The Bertz CT molecular complexity index is 420. The maximum absolute atomic E-state index is 10.5. The molecule has 16 heavy (non-hydrogen) atoms. The molecule has 0 bridgehead atoms. The lowest BCUT2D eigenvalue weighted by molar-refractivity contribution is -0.131. The van der Waals surface area contributed by atoms with Crippen LogP contribution < -0.4 is 0 Å². The number of carbonyl (C=O) groups is 1. The quantitative estimate of drug-likeness (QED) is 0.797. The highest BCUT2D eigenvalue weighted by molar-refractivity contribution is 6.30. The molecule has 1 fully saturated rings. The third-order valence-electron chi connectivity index (χ3n) is 2.99. The van der Waals surface area contributed by atoms with Crippen molar-refractivity contribution in [2.24, 2.45) is 0 Å². The van der Waals surface area contributed by atoms with Gasteiger partial charge in [-0.05, 0) is 42.9 Å². The van der Waals surface area contributed by atoms with Crippen molar-refractivity contribution in [3.63, 3.8) is 0 Å². The number of benzene rings is 1. The fraction of sp³-hybridized carbons (Fsp3) is 0.308. The number of halogens is 1. The Kier molecular flexibility index (Phi) is 3.30. The Morgan fingerprint density at radius 3 is 2.69 bits per heavy atom. The van der Waals surface area contributed by atoms with Crippen molar-refractivity contribution < 1.29 is 9.90 Å². The van der Waals surface area contributed by atoms with Crippen LogP contribution in [0.3, 0.4) is 0 Å². The molecule has 1 saturated carbocycles. The lowest BCUT2D eigenvalue weighted by Crippen LogP contribution is -1.92. The smallest absolute Gasteiger partial charge is 0.328 e. The van der Waals surface area contributed by atoms with Gasteiger partial charge in [-0.15, -0.1) is 0 Å². The zero-order chi connectivity index (χ0) is 11.5. The summed E-state index contributed by atoms with van der Waals surface area (Å²) in [5.74, 6) is -0.394. The highest BCUT2D eigenvalue weighted by Crippen LogP contribution is 2.37. The Hall–Kier alpha value is -1.28. The van der Waals surface area contributed by atoms with E-state index in [0.29, 0.717) is 5.92 Å².